The highest BCUT2D eigenvalue weighted by molar-refractivity contribution is 8.04. The van der Waals surface area contributed by atoms with Gasteiger partial charge in [0.05, 0.1) is 31.9 Å². The molecule has 0 saturated heterocycles. The van der Waals surface area contributed by atoms with Crippen molar-refractivity contribution in [3.8, 4) is 17.2 Å². The molecular weight excluding hydrogens is 326 g/mol. The number of ether oxygens (including phenoxy) is 3. The third-order valence-corrected chi connectivity index (χ3v) is 4.70. The molecule has 5 nitrogen and oxygen atoms in total. The van der Waals surface area contributed by atoms with Crippen LogP contribution in [-0.2, 0) is 4.79 Å². The van der Waals surface area contributed by atoms with Crippen LogP contribution in [0.4, 0.5) is 5.69 Å². The average molecular weight is 343 g/mol. The van der Waals surface area contributed by atoms with Crippen LogP contribution in [-0.4, -0.2) is 27.2 Å². The fourth-order valence-corrected chi connectivity index (χ4v) is 3.35. The summed E-state index contributed by atoms with van der Waals surface area (Å²) in [6.45, 7) is 0. The fraction of sp³-hybridized carbons (Fsp3) is 0.167. The van der Waals surface area contributed by atoms with Crippen molar-refractivity contribution in [2.24, 2.45) is 0 Å². The van der Waals surface area contributed by atoms with E-state index in [4.69, 9.17) is 14.2 Å². The Morgan fingerprint density at radius 3 is 2.33 bits per heavy atom. The van der Waals surface area contributed by atoms with Crippen LogP contribution in [0, 0.1) is 0 Å². The largest absolute Gasteiger partial charge is 0.496 e. The standard InChI is InChI=1S/C18H17NO4S/c1-21-13-10-15(23-3)14(22-2)8-11(13)9-17-18(20)19-12-6-4-5-7-16(12)24-17/h4-10H,1-3H3,(H,19,20)/b17-9-. The van der Waals surface area contributed by atoms with Gasteiger partial charge in [0, 0.05) is 16.5 Å². The molecule has 1 amide bonds. The van der Waals surface area contributed by atoms with Gasteiger partial charge in [-0.3, -0.25) is 4.79 Å². The minimum absolute atomic E-state index is 0.143. The van der Waals surface area contributed by atoms with E-state index in [1.54, 1.807) is 39.5 Å². The lowest BCUT2D eigenvalue weighted by molar-refractivity contribution is -0.112. The number of amides is 1. The normalized spacial score (nSPS) is 14.8. The van der Waals surface area contributed by atoms with E-state index in [9.17, 15) is 4.79 Å². The van der Waals surface area contributed by atoms with Crippen molar-refractivity contribution in [2.45, 2.75) is 4.90 Å². The van der Waals surface area contributed by atoms with E-state index in [-0.39, 0.29) is 5.91 Å². The number of para-hydroxylation sites is 1. The lowest BCUT2D eigenvalue weighted by atomic mass is 10.1. The number of hydrogen-bond donors (Lipinski definition) is 1. The molecule has 124 valence electrons. The molecule has 0 radical (unpaired) electrons. The number of hydrogen-bond acceptors (Lipinski definition) is 5. The summed E-state index contributed by atoms with van der Waals surface area (Å²) >= 11 is 1.42. The van der Waals surface area contributed by atoms with Crippen LogP contribution in [0.2, 0.25) is 0 Å². The van der Waals surface area contributed by atoms with Crippen molar-refractivity contribution < 1.29 is 19.0 Å². The molecular formula is C18H17NO4S. The van der Waals surface area contributed by atoms with E-state index in [0.717, 1.165) is 16.1 Å². The van der Waals surface area contributed by atoms with Gasteiger partial charge >= 0.3 is 0 Å². The third-order valence-electron chi connectivity index (χ3n) is 3.60. The van der Waals surface area contributed by atoms with Crippen LogP contribution in [0.25, 0.3) is 6.08 Å². The second-order valence-corrected chi connectivity index (χ2v) is 6.09. The molecule has 0 atom stereocenters. The zero-order valence-electron chi connectivity index (χ0n) is 13.6. The molecule has 0 aromatic heterocycles. The van der Waals surface area contributed by atoms with Gasteiger partial charge in [-0.2, -0.15) is 0 Å². The maximum Gasteiger partial charge on any atom is 0.262 e. The molecule has 2 aromatic carbocycles. The van der Waals surface area contributed by atoms with Crippen LogP contribution >= 0.6 is 11.8 Å². The SMILES string of the molecule is COc1cc(OC)c(OC)cc1/C=C1\Sc2ccccc2NC1=O. The van der Waals surface area contributed by atoms with Gasteiger partial charge < -0.3 is 19.5 Å². The smallest absolute Gasteiger partial charge is 0.262 e. The van der Waals surface area contributed by atoms with E-state index in [1.165, 1.54) is 11.8 Å². The minimum atomic E-state index is -0.143. The summed E-state index contributed by atoms with van der Waals surface area (Å²) in [6.07, 6.45) is 1.79. The molecule has 0 fully saturated rings. The van der Waals surface area contributed by atoms with E-state index >= 15 is 0 Å². The van der Waals surface area contributed by atoms with Crippen LogP contribution in [0.3, 0.4) is 0 Å². The Labute approximate surface area is 144 Å². The van der Waals surface area contributed by atoms with E-state index in [1.807, 2.05) is 24.3 Å². The lowest BCUT2D eigenvalue weighted by Crippen LogP contribution is -2.17. The summed E-state index contributed by atoms with van der Waals surface area (Å²) in [6, 6.07) is 11.2. The van der Waals surface area contributed by atoms with Crippen LogP contribution in [0.5, 0.6) is 17.2 Å². The summed E-state index contributed by atoms with van der Waals surface area (Å²) < 4.78 is 16.0. The van der Waals surface area contributed by atoms with Gasteiger partial charge in [0.25, 0.3) is 5.91 Å². The molecule has 2 aromatic rings. The second-order valence-electron chi connectivity index (χ2n) is 5.01. The highest BCUT2D eigenvalue weighted by Gasteiger charge is 2.21. The van der Waals surface area contributed by atoms with Crippen molar-refractivity contribution in [3.05, 3.63) is 46.9 Å². The van der Waals surface area contributed by atoms with E-state index in [0.29, 0.717) is 22.2 Å². The summed E-state index contributed by atoms with van der Waals surface area (Å²) in [5, 5.41) is 2.89. The van der Waals surface area contributed by atoms with E-state index in [2.05, 4.69) is 5.32 Å². The number of methoxy groups -OCH3 is 3. The zero-order valence-corrected chi connectivity index (χ0v) is 14.4. The first-order valence-electron chi connectivity index (χ1n) is 7.26. The molecule has 0 unspecified atom stereocenters. The van der Waals surface area contributed by atoms with Crippen LogP contribution in [0.1, 0.15) is 5.56 Å². The summed E-state index contributed by atoms with van der Waals surface area (Å²) in [5.41, 5.74) is 1.57. The van der Waals surface area contributed by atoms with E-state index < -0.39 is 0 Å². The van der Waals surface area contributed by atoms with Gasteiger partial charge in [-0.1, -0.05) is 23.9 Å². The van der Waals surface area contributed by atoms with Crippen LogP contribution in [0.15, 0.2) is 46.2 Å². The monoisotopic (exact) mass is 343 g/mol. The van der Waals surface area contributed by atoms with Gasteiger partial charge in [-0.15, -0.1) is 0 Å². The first-order valence-corrected chi connectivity index (χ1v) is 8.08. The molecule has 0 bridgehead atoms. The fourth-order valence-electron chi connectivity index (χ4n) is 2.41. The summed E-state index contributed by atoms with van der Waals surface area (Å²) in [7, 11) is 4.71. The molecule has 3 rings (SSSR count). The number of nitrogens with one attached hydrogen (secondary N) is 1. The van der Waals surface area contributed by atoms with Gasteiger partial charge in [0.2, 0.25) is 0 Å². The lowest BCUT2D eigenvalue weighted by Gasteiger charge is -2.19. The Balaban J connectivity index is 2.03. The first kappa shape index (κ1) is 16.3. The van der Waals surface area contributed by atoms with Crippen molar-refractivity contribution in [2.75, 3.05) is 26.6 Å². The molecule has 6 heteroatoms. The number of thioether (sulfide) groups is 1. The highest BCUT2D eigenvalue weighted by Crippen LogP contribution is 2.41. The summed E-state index contributed by atoms with van der Waals surface area (Å²) in [4.78, 5) is 13.9. The maximum absolute atomic E-state index is 12.3. The summed E-state index contributed by atoms with van der Waals surface area (Å²) in [5.74, 6) is 1.61. The third kappa shape index (κ3) is 3.05. The second kappa shape index (κ2) is 6.88. The Hall–Kier alpha value is -2.60. The number of carbonyl (C=O) groups excluding carboxylic acids is 1. The number of carbonyl (C=O) groups is 1. The molecule has 0 saturated carbocycles. The molecule has 1 aliphatic heterocycles. The maximum atomic E-state index is 12.3. The number of anilines is 1. The van der Waals surface area contributed by atoms with Gasteiger partial charge in [-0.25, -0.2) is 0 Å². The van der Waals surface area contributed by atoms with Gasteiger partial charge in [0.1, 0.15) is 5.75 Å². The Morgan fingerprint density at radius 1 is 0.958 bits per heavy atom. The minimum Gasteiger partial charge on any atom is -0.496 e. The molecule has 1 heterocycles. The van der Waals surface area contributed by atoms with Crippen molar-refractivity contribution in [3.63, 3.8) is 0 Å². The Morgan fingerprint density at radius 2 is 1.62 bits per heavy atom. The van der Waals surface area contributed by atoms with Crippen molar-refractivity contribution >= 4 is 29.4 Å². The number of fused-ring (bicyclic) bond motifs is 1. The Bertz CT molecular complexity index is 817. The predicted octanol–water partition coefficient (Wildman–Crippen LogP) is 3.80. The molecule has 1 aliphatic rings. The molecule has 24 heavy (non-hydrogen) atoms. The topological polar surface area (TPSA) is 56.8 Å². The first-order chi connectivity index (χ1) is 11.7. The number of benzene rings is 2. The molecule has 0 spiro atoms. The molecule has 0 aliphatic carbocycles. The van der Waals surface area contributed by atoms with Crippen molar-refractivity contribution in [1.29, 1.82) is 0 Å². The van der Waals surface area contributed by atoms with Gasteiger partial charge in [0.15, 0.2) is 11.5 Å². The number of rotatable bonds is 4. The predicted molar refractivity (Wildman–Crippen MR) is 95.0 cm³/mol. The van der Waals surface area contributed by atoms with Gasteiger partial charge in [-0.05, 0) is 24.3 Å². The quantitative estimate of drug-likeness (QED) is 0.856. The van der Waals surface area contributed by atoms with Crippen molar-refractivity contribution in [1.82, 2.24) is 0 Å². The Kier molecular flexibility index (Phi) is 4.66. The highest BCUT2D eigenvalue weighted by atomic mass is 32.2. The molecule has 1 N–H and O–H groups in total. The van der Waals surface area contributed by atoms with Crippen LogP contribution < -0.4 is 19.5 Å². The average Bonchev–Trinajstić information content (AvgIpc) is 2.61. The zero-order chi connectivity index (χ0) is 17.1.